The zero-order valence-corrected chi connectivity index (χ0v) is 8.31. The molecule has 4 nitrogen and oxygen atoms in total. The molecule has 0 spiro atoms. The first-order valence-corrected chi connectivity index (χ1v) is 4.48. The minimum atomic E-state index is -0.189. The summed E-state index contributed by atoms with van der Waals surface area (Å²) in [6.07, 6.45) is 0.748. The first-order chi connectivity index (χ1) is 5.53. The maximum absolute atomic E-state index is 5.44. The van der Waals surface area contributed by atoms with Crippen molar-refractivity contribution in [1.82, 2.24) is 10.2 Å². The molecule has 0 aliphatic rings. The van der Waals surface area contributed by atoms with Gasteiger partial charge in [0, 0.05) is 13.5 Å². The fraction of sp³-hybridized carbons (Fsp3) is 0.714. The van der Waals surface area contributed by atoms with E-state index in [-0.39, 0.29) is 5.60 Å². The maximum Gasteiger partial charge on any atom is 0.203 e. The van der Waals surface area contributed by atoms with E-state index in [0.29, 0.717) is 5.13 Å². The lowest BCUT2D eigenvalue weighted by Crippen LogP contribution is -2.25. The number of hydrogen-bond donors (Lipinski definition) is 1. The summed E-state index contributed by atoms with van der Waals surface area (Å²) >= 11 is 1.41. The van der Waals surface area contributed by atoms with Crippen LogP contribution in [-0.4, -0.2) is 22.9 Å². The summed E-state index contributed by atoms with van der Waals surface area (Å²) in [6, 6.07) is 0. The van der Waals surface area contributed by atoms with Gasteiger partial charge in [-0.3, -0.25) is 0 Å². The molecule has 12 heavy (non-hydrogen) atoms. The van der Waals surface area contributed by atoms with Gasteiger partial charge in [-0.1, -0.05) is 11.3 Å². The quantitative estimate of drug-likeness (QED) is 0.769. The highest BCUT2D eigenvalue weighted by molar-refractivity contribution is 7.15. The molecule has 0 amide bonds. The monoisotopic (exact) mass is 187 g/mol. The molecule has 0 bridgehead atoms. The molecular weight excluding hydrogens is 174 g/mol. The van der Waals surface area contributed by atoms with Crippen molar-refractivity contribution < 1.29 is 4.74 Å². The van der Waals surface area contributed by atoms with Crippen LogP contribution < -0.4 is 5.73 Å². The van der Waals surface area contributed by atoms with Gasteiger partial charge in [-0.05, 0) is 13.8 Å². The Morgan fingerprint density at radius 2 is 2.17 bits per heavy atom. The second-order valence-corrected chi connectivity index (χ2v) is 4.27. The SMILES string of the molecule is COC(C)(C)Cc1nnc(N)s1. The molecule has 5 heteroatoms. The largest absolute Gasteiger partial charge is 0.378 e. The molecule has 0 aromatic carbocycles. The van der Waals surface area contributed by atoms with Crippen molar-refractivity contribution in [3.05, 3.63) is 5.01 Å². The second-order valence-electron chi connectivity index (χ2n) is 3.17. The van der Waals surface area contributed by atoms with Gasteiger partial charge in [0.25, 0.3) is 0 Å². The summed E-state index contributed by atoms with van der Waals surface area (Å²) in [5.74, 6) is 0. The van der Waals surface area contributed by atoms with E-state index in [1.165, 1.54) is 11.3 Å². The van der Waals surface area contributed by atoms with E-state index in [2.05, 4.69) is 10.2 Å². The lowest BCUT2D eigenvalue weighted by molar-refractivity contribution is 0.0230. The van der Waals surface area contributed by atoms with Crippen molar-refractivity contribution in [1.29, 1.82) is 0 Å². The fourth-order valence-corrected chi connectivity index (χ4v) is 1.60. The van der Waals surface area contributed by atoms with Crippen LogP contribution in [0.2, 0.25) is 0 Å². The minimum Gasteiger partial charge on any atom is -0.378 e. The predicted octanol–water partition coefficient (Wildman–Crippen LogP) is 1.09. The van der Waals surface area contributed by atoms with Gasteiger partial charge in [-0.25, -0.2) is 0 Å². The smallest absolute Gasteiger partial charge is 0.203 e. The van der Waals surface area contributed by atoms with Crippen molar-refractivity contribution in [3.63, 3.8) is 0 Å². The van der Waals surface area contributed by atoms with Gasteiger partial charge in [0.2, 0.25) is 5.13 Å². The van der Waals surface area contributed by atoms with Crippen molar-refractivity contribution in [2.45, 2.75) is 25.9 Å². The third-order valence-electron chi connectivity index (χ3n) is 1.61. The summed E-state index contributed by atoms with van der Waals surface area (Å²) in [6.45, 7) is 4.01. The number of nitrogens with two attached hydrogens (primary N) is 1. The number of methoxy groups -OCH3 is 1. The van der Waals surface area contributed by atoms with E-state index in [1.54, 1.807) is 7.11 Å². The van der Waals surface area contributed by atoms with Crippen LogP contribution in [0.15, 0.2) is 0 Å². The standard InChI is InChI=1S/C7H13N3OS/c1-7(2,11-3)4-5-9-10-6(8)12-5/h4H2,1-3H3,(H2,8,10). The number of nitrogen functional groups attached to an aromatic ring is 1. The topological polar surface area (TPSA) is 61.0 Å². The van der Waals surface area contributed by atoms with Crippen LogP contribution in [0.5, 0.6) is 0 Å². The van der Waals surface area contributed by atoms with Crippen LogP contribution in [-0.2, 0) is 11.2 Å². The summed E-state index contributed by atoms with van der Waals surface area (Å²) in [7, 11) is 1.68. The number of anilines is 1. The van der Waals surface area contributed by atoms with Crippen LogP contribution in [0.1, 0.15) is 18.9 Å². The van der Waals surface area contributed by atoms with Crippen molar-refractivity contribution in [3.8, 4) is 0 Å². The highest BCUT2D eigenvalue weighted by Crippen LogP contribution is 2.19. The molecule has 0 fully saturated rings. The van der Waals surface area contributed by atoms with Crippen LogP contribution in [0.4, 0.5) is 5.13 Å². The molecule has 0 radical (unpaired) electrons. The Kier molecular flexibility index (Phi) is 2.64. The molecule has 0 aliphatic heterocycles. The number of ether oxygens (including phenoxy) is 1. The number of nitrogens with zero attached hydrogens (tertiary/aromatic N) is 2. The second kappa shape index (κ2) is 3.37. The normalized spacial score (nSPS) is 11.9. The van der Waals surface area contributed by atoms with E-state index >= 15 is 0 Å². The molecule has 0 atom stereocenters. The Morgan fingerprint density at radius 1 is 1.50 bits per heavy atom. The zero-order chi connectivity index (χ0) is 9.19. The van der Waals surface area contributed by atoms with Crippen molar-refractivity contribution in [2.75, 3.05) is 12.8 Å². The van der Waals surface area contributed by atoms with Gasteiger partial charge in [0.05, 0.1) is 5.60 Å². The average Bonchev–Trinajstić information content (AvgIpc) is 2.35. The van der Waals surface area contributed by atoms with Gasteiger partial charge < -0.3 is 10.5 Å². The molecule has 1 aromatic rings. The third-order valence-corrected chi connectivity index (χ3v) is 2.36. The molecule has 1 aromatic heterocycles. The minimum absolute atomic E-state index is 0.189. The lowest BCUT2D eigenvalue weighted by Gasteiger charge is -2.20. The van der Waals surface area contributed by atoms with E-state index < -0.39 is 0 Å². The fourth-order valence-electron chi connectivity index (χ4n) is 0.774. The predicted molar refractivity (Wildman–Crippen MR) is 49.1 cm³/mol. The van der Waals surface area contributed by atoms with Crippen LogP contribution >= 0.6 is 11.3 Å². The van der Waals surface area contributed by atoms with Crippen LogP contribution in [0.3, 0.4) is 0 Å². The van der Waals surface area contributed by atoms with Crippen molar-refractivity contribution >= 4 is 16.5 Å². The van der Waals surface area contributed by atoms with E-state index in [1.807, 2.05) is 13.8 Å². The molecule has 68 valence electrons. The highest BCUT2D eigenvalue weighted by Gasteiger charge is 2.19. The summed E-state index contributed by atoms with van der Waals surface area (Å²) < 4.78 is 5.25. The van der Waals surface area contributed by atoms with Gasteiger partial charge in [0.15, 0.2) is 0 Å². The molecule has 0 saturated heterocycles. The molecule has 0 unspecified atom stereocenters. The highest BCUT2D eigenvalue weighted by atomic mass is 32.1. The van der Waals surface area contributed by atoms with Gasteiger partial charge in [-0.15, -0.1) is 10.2 Å². The summed E-state index contributed by atoms with van der Waals surface area (Å²) in [5, 5.41) is 9.07. The first-order valence-electron chi connectivity index (χ1n) is 3.66. The Labute approximate surface area is 75.8 Å². The van der Waals surface area contributed by atoms with Gasteiger partial charge in [0.1, 0.15) is 5.01 Å². The third kappa shape index (κ3) is 2.42. The van der Waals surface area contributed by atoms with E-state index in [4.69, 9.17) is 10.5 Å². The Balaban J connectivity index is 2.63. The van der Waals surface area contributed by atoms with Crippen LogP contribution in [0.25, 0.3) is 0 Å². The van der Waals surface area contributed by atoms with Crippen molar-refractivity contribution in [2.24, 2.45) is 0 Å². The Bertz CT molecular complexity index is 259. The van der Waals surface area contributed by atoms with Crippen LogP contribution in [0, 0.1) is 0 Å². The lowest BCUT2D eigenvalue weighted by atomic mass is 10.1. The first kappa shape index (κ1) is 9.41. The molecule has 0 aliphatic carbocycles. The van der Waals surface area contributed by atoms with Gasteiger partial charge in [-0.2, -0.15) is 0 Å². The van der Waals surface area contributed by atoms with Gasteiger partial charge >= 0.3 is 0 Å². The zero-order valence-electron chi connectivity index (χ0n) is 7.50. The average molecular weight is 187 g/mol. The number of aromatic nitrogens is 2. The van der Waals surface area contributed by atoms with E-state index in [9.17, 15) is 0 Å². The Hall–Kier alpha value is -0.680. The Morgan fingerprint density at radius 3 is 2.58 bits per heavy atom. The number of hydrogen-bond acceptors (Lipinski definition) is 5. The summed E-state index contributed by atoms with van der Waals surface area (Å²) in [5.41, 5.74) is 5.25. The summed E-state index contributed by atoms with van der Waals surface area (Å²) in [4.78, 5) is 0. The molecule has 1 rings (SSSR count). The molecule has 0 saturated carbocycles. The maximum atomic E-state index is 5.44. The number of rotatable bonds is 3. The molecular formula is C7H13N3OS. The molecule has 2 N–H and O–H groups in total. The molecule has 1 heterocycles. The van der Waals surface area contributed by atoms with E-state index in [0.717, 1.165) is 11.4 Å².